The smallest absolute Gasteiger partial charge is 0.312 e. The summed E-state index contributed by atoms with van der Waals surface area (Å²) in [7, 11) is 0. The number of nitrogens with one attached hydrogen (secondary N) is 2. The Kier molecular flexibility index (Phi) is 5.03. The first kappa shape index (κ1) is 20.6. The van der Waals surface area contributed by atoms with Gasteiger partial charge in [-0.1, -0.05) is 20.8 Å². The quantitative estimate of drug-likeness (QED) is 0.704. The molecule has 0 bridgehead atoms. The van der Waals surface area contributed by atoms with Crippen molar-refractivity contribution in [3.05, 3.63) is 64.0 Å². The van der Waals surface area contributed by atoms with Gasteiger partial charge in [0.1, 0.15) is 5.82 Å². The minimum atomic E-state index is -0.275. The molecule has 1 aromatic carbocycles. The van der Waals surface area contributed by atoms with E-state index in [4.69, 9.17) is 5.10 Å². The van der Waals surface area contributed by atoms with Gasteiger partial charge in [0, 0.05) is 28.9 Å². The first-order valence-corrected chi connectivity index (χ1v) is 9.68. The molecule has 0 saturated heterocycles. The Morgan fingerprint density at radius 1 is 1.07 bits per heavy atom. The standard InChI is InChI=1S/C22H29N5O2/c1-14-13-23-20(29)26(14)16-10-8-15(9-11-16)19(28)24-18-12-17(21(2,3)4)25-27(18)22(5,6)7/h8-13H,1-7H3,(H,23,29)(H,24,28). The van der Waals surface area contributed by atoms with Crippen LogP contribution in [0.5, 0.6) is 0 Å². The molecule has 2 heterocycles. The molecule has 0 aliphatic rings. The zero-order valence-electron chi connectivity index (χ0n) is 18.1. The molecule has 0 radical (unpaired) electrons. The van der Waals surface area contributed by atoms with Gasteiger partial charge in [0.15, 0.2) is 0 Å². The number of nitrogens with zero attached hydrogens (tertiary/aromatic N) is 3. The summed E-state index contributed by atoms with van der Waals surface area (Å²) in [5.41, 5.74) is 2.33. The predicted octanol–water partition coefficient (Wildman–Crippen LogP) is 3.98. The van der Waals surface area contributed by atoms with Crippen LogP contribution in [0.2, 0.25) is 0 Å². The number of anilines is 1. The summed E-state index contributed by atoms with van der Waals surface area (Å²) in [6, 6.07) is 8.88. The SMILES string of the molecule is Cc1c[nH]c(=O)n1-c1ccc(C(=O)Nc2cc(C(C)(C)C)nn2C(C)(C)C)cc1. The molecule has 0 unspecified atom stereocenters. The van der Waals surface area contributed by atoms with Crippen LogP contribution < -0.4 is 11.0 Å². The number of imidazole rings is 1. The molecule has 0 aliphatic heterocycles. The van der Waals surface area contributed by atoms with Gasteiger partial charge in [0.2, 0.25) is 0 Å². The fraction of sp³-hybridized carbons (Fsp3) is 0.409. The van der Waals surface area contributed by atoms with Crippen LogP contribution in [0.15, 0.2) is 41.3 Å². The summed E-state index contributed by atoms with van der Waals surface area (Å²) in [6.45, 7) is 14.3. The van der Waals surface area contributed by atoms with Crippen LogP contribution in [0.1, 0.15) is 63.3 Å². The maximum Gasteiger partial charge on any atom is 0.330 e. The van der Waals surface area contributed by atoms with Crippen molar-refractivity contribution in [1.82, 2.24) is 19.3 Å². The van der Waals surface area contributed by atoms with Gasteiger partial charge in [-0.3, -0.25) is 9.36 Å². The monoisotopic (exact) mass is 395 g/mol. The van der Waals surface area contributed by atoms with Gasteiger partial charge < -0.3 is 10.3 Å². The van der Waals surface area contributed by atoms with Crippen molar-refractivity contribution in [2.24, 2.45) is 0 Å². The van der Waals surface area contributed by atoms with Crippen molar-refractivity contribution < 1.29 is 4.79 Å². The van der Waals surface area contributed by atoms with Crippen LogP contribution in [0, 0.1) is 6.92 Å². The Morgan fingerprint density at radius 2 is 1.69 bits per heavy atom. The predicted molar refractivity (Wildman–Crippen MR) is 115 cm³/mol. The number of H-pyrrole nitrogens is 1. The molecular formula is C22H29N5O2. The molecule has 29 heavy (non-hydrogen) atoms. The van der Waals surface area contributed by atoms with E-state index in [9.17, 15) is 9.59 Å². The van der Waals surface area contributed by atoms with Crippen molar-refractivity contribution in [1.29, 1.82) is 0 Å². The van der Waals surface area contributed by atoms with Gasteiger partial charge in [-0.05, 0) is 52.0 Å². The van der Waals surface area contributed by atoms with Crippen LogP contribution in [0.25, 0.3) is 5.69 Å². The molecule has 154 valence electrons. The third kappa shape index (κ3) is 4.18. The van der Waals surface area contributed by atoms with E-state index >= 15 is 0 Å². The number of rotatable bonds is 3. The molecular weight excluding hydrogens is 366 g/mol. The highest BCUT2D eigenvalue weighted by atomic mass is 16.2. The second-order valence-corrected chi connectivity index (χ2v) is 9.32. The average Bonchev–Trinajstić information content (AvgIpc) is 3.18. The minimum absolute atomic E-state index is 0.126. The molecule has 2 aromatic heterocycles. The number of carbonyl (C=O) groups is 1. The van der Waals surface area contributed by atoms with Crippen molar-refractivity contribution in [2.45, 2.75) is 59.4 Å². The summed E-state index contributed by atoms with van der Waals surface area (Å²) in [5, 5.41) is 7.72. The highest BCUT2D eigenvalue weighted by Crippen LogP contribution is 2.28. The molecule has 7 nitrogen and oxygen atoms in total. The number of carbonyl (C=O) groups excluding carboxylic acids is 1. The van der Waals surface area contributed by atoms with Crippen LogP contribution >= 0.6 is 0 Å². The lowest BCUT2D eigenvalue weighted by atomic mass is 9.92. The van der Waals surface area contributed by atoms with Crippen molar-refractivity contribution in [3.63, 3.8) is 0 Å². The van der Waals surface area contributed by atoms with Crippen molar-refractivity contribution >= 4 is 11.7 Å². The number of amides is 1. The lowest BCUT2D eigenvalue weighted by molar-refractivity contribution is 0.102. The maximum atomic E-state index is 12.9. The number of benzene rings is 1. The average molecular weight is 396 g/mol. The van der Waals surface area contributed by atoms with Gasteiger partial charge in [-0.2, -0.15) is 5.10 Å². The first-order chi connectivity index (χ1) is 13.4. The van der Waals surface area contributed by atoms with E-state index < -0.39 is 0 Å². The number of hydrogen-bond donors (Lipinski definition) is 2. The van der Waals surface area contributed by atoms with E-state index in [-0.39, 0.29) is 22.6 Å². The van der Waals surface area contributed by atoms with Gasteiger partial charge in [0.05, 0.1) is 16.9 Å². The highest BCUT2D eigenvalue weighted by Gasteiger charge is 2.26. The largest absolute Gasteiger partial charge is 0.330 e. The Labute approximate surface area is 170 Å². The summed E-state index contributed by atoms with van der Waals surface area (Å²) >= 11 is 0. The molecule has 3 rings (SSSR count). The van der Waals surface area contributed by atoms with E-state index in [0.29, 0.717) is 17.1 Å². The van der Waals surface area contributed by atoms with Crippen LogP contribution in [-0.4, -0.2) is 25.2 Å². The third-order valence-corrected chi connectivity index (χ3v) is 4.70. The Balaban J connectivity index is 1.89. The molecule has 2 N–H and O–H groups in total. The molecule has 0 fully saturated rings. The fourth-order valence-corrected chi connectivity index (χ4v) is 3.07. The van der Waals surface area contributed by atoms with Crippen LogP contribution in [0.4, 0.5) is 5.82 Å². The van der Waals surface area contributed by atoms with E-state index in [1.807, 2.05) is 38.4 Å². The summed E-state index contributed by atoms with van der Waals surface area (Å²) < 4.78 is 3.41. The maximum absolute atomic E-state index is 12.9. The zero-order chi connectivity index (χ0) is 21.6. The minimum Gasteiger partial charge on any atom is -0.312 e. The van der Waals surface area contributed by atoms with Crippen molar-refractivity contribution in [2.75, 3.05) is 5.32 Å². The number of aromatic nitrogens is 4. The van der Waals surface area contributed by atoms with Gasteiger partial charge in [0.25, 0.3) is 5.91 Å². The van der Waals surface area contributed by atoms with Crippen LogP contribution in [-0.2, 0) is 11.0 Å². The molecule has 0 aliphatic carbocycles. The van der Waals surface area contributed by atoms with Crippen LogP contribution in [0.3, 0.4) is 0 Å². The third-order valence-electron chi connectivity index (χ3n) is 4.70. The highest BCUT2D eigenvalue weighted by molar-refractivity contribution is 6.04. The second kappa shape index (κ2) is 7.06. The van der Waals surface area contributed by atoms with E-state index in [2.05, 4.69) is 31.1 Å². The molecule has 0 atom stereocenters. The van der Waals surface area contributed by atoms with Gasteiger partial charge in [-0.15, -0.1) is 0 Å². The Hall–Kier alpha value is -3.09. The van der Waals surface area contributed by atoms with E-state index in [1.54, 1.807) is 35.0 Å². The molecule has 1 amide bonds. The number of aryl methyl sites for hydroxylation is 1. The summed E-state index contributed by atoms with van der Waals surface area (Å²) in [5.74, 6) is 0.440. The topological polar surface area (TPSA) is 84.7 Å². The number of hydrogen-bond acceptors (Lipinski definition) is 3. The first-order valence-electron chi connectivity index (χ1n) is 9.68. The summed E-state index contributed by atoms with van der Waals surface area (Å²) in [6.07, 6.45) is 1.66. The second-order valence-electron chi connectivity index (χ2n) is 9.32. The molecule has 7 heteroatoms. The van der Waals surface area contributed by atoms with Gasteiger partial charge >= 0.3 is 5.69 Å². The normalized spacial score (nSPS) is 12.2. The molecule has 3 aromatic rings. The fourth-order valence-electron chi connectivity index (χ4n) is 3.07. The molecule has 0 saturated carbocycles. The lowest BCUT2D eigenvalue weighted by Crippen LogP contribution is -2.27. The van der Waals surface area contributed by atoms with Gasteiger partial charge in [-0.25, -0.2) is 9.48 Å². The number of aromatic amines is 1. The Morgan fingerprint density at radius 3 is 2.17 bits per heavy atom. The van der Waals surface area contributed by atoms with E-state index in [1.165, 1.54) is 0 Å². The zero-order valence-corrected chi connectivity index (χ0v) is 18.1. The van der Waals surface area contributed by atoms with E-state index in [0.717, 1.165) is 11.4 Å². The molecule has 0 spiro atoms. The van der Waals surface area contributed by atoms with Crippen molar-refractivity contribution in [3.8, 4) is 5.69 Å². The summed E-state index contributed by atoms with van der Waals surface area (Å²) in [4.78, 5) is 27.4. The lowest BCUT2D eigenvalue weighted by Gasteiger charge is -2.23. The Bertz CT molecular complexity index is 1090.